The van der Waals surface area contributed by atoms with Gasteiger partial charge in [-0.15, -0.1) is 0 Å². The van der Waals surface area contributed by atoms with Crippen molar-refractivity contribution < 1.29 is 51.0 Å². The second kappa shape index (κ2) is 14.2. The van der Waals surface area contributed by atoms with Gasteiger partial charge >= 0.3 is 26.2 Å². The quantitative estimate of drug-likeness (QED) is 0.568. The number of aryl methyl sites for hydroxylation is 2. The van der Waals surface area contributed by atoms with Crippen molar-refractivity contribution in [3.8, 4) is 0 Å². The molecule has 2 saturated carbocycles. The molecule has 2 aliphatic carbocycles. The Morgan fingerprint density at radius 3 is 1.22 bits per heavy atom. The van der Waals surface area contributed by atoms with E-state index in [0.717, 1.165) is 11.8 Å². The summed E-state index contributed by atoms with van der Waals surface area (Å²) in [4.78, 5) is 0. The second-order valence-corrected chi connectivity index (χ2v) is 8.00. The summed E-state index contributed by atoms with van der Waals surface area (Å²) >= 11 is 0. The van der Waals surface area contributed by atoms with E-state index in [1.807, 2.05) is 0 Å². The Hall–Kier alpha value is 0.163. The molecule has 0 radical (unpaired) electrons. The molecule has 148 valence electrons. The van der Waals surface area contributed by atoms with E-state index in [0.29, 0.717) is 0 Å². The first-order valence-electron chi connectivity index (χ1n) is 10.2. The molecule has 0 saturated heterocycles. The van der Waals surface area contributed by atoms with Crippen LogP contribution in [0.1, 0.15) is 98.3 Å². The van der Waals surface area contributed by atoms with Crippen LogP contribution in [-0.4, -0.2) is 0 Å². The van der Waals surface area contributed by atoms with E-state index in [9.17, 15) is 0 Å². The smallest absolute Gasteiger partial charge is 1.00 e. The fraction of sp³-hybridized carbons (Fsp3) is 0.583. The third-order valence-corrected chi connectivity index (χ3v) is 6.24. The molecule has 0 aliphatic heterocycles. The van der Waals surface area contributed by atoms with Gasteiger partial charge in [0.2, 0.25) is 0 Å². The summed E-state index contributed by atoms with van der Waals surface area (Å²) in [6, 6.07) is 13.5. The topological polar surface area (TPSA) is 0 Å². The number of hydrogen-bond acceptors (Lipinski definition) is 0. The molecule has 0 atom stereocenters. The van der Waals surface area contributed by atoms with Gasteiger partial charge in [0.1, 0.15) is 0 Å². The van der Waals surface area contributed by atoms with Crippen LogP contribution in [-0.2, 0) is 26.2 Å². The number of rotatable bonds is 2. The van der Waals surface area contributed by atoms with E-state index in [1.54, 1.807) is 11.1 Å². The molecule has 0 nitrogen and oxygen atoms in total. The molecule has 2 fully saturated rings. The van der Waals surface area contributed by atoms with Gasteiger partial charge in [-0.2, -0.15) is 34.4 Å². The minimum absolute atomic E-state index is 0. The van der Waals surface area contributed by atoms with E-state index in [1.165, 1.54) is 75.3 Å². The fourth-order valence-electron chi connectivity index (χ4n) is 4.79. The van der Waals surface area contributed by atoms with E-state index in [-0.39, 0.29) is 51.0 Å². The maximum atomic E-state index is 2.31. The van der Waals surface area contributed by atoms with E-state index < -0.39 is 0 Å². The molecule has 0 spiro atoms. The van der Waals surface area contributed by atoms with Crippen molar-refractivity contribution in [1.82, 2.24) is 0 Å². The Morgan fingerprint density at radius 2 is 0.963 bits per heavy atom. The molecule has 0 unspecified atom stereocenters. The first-order valence-corrected chi connectivity index (χ1v) is 10.2. The molecule has 0 amide bonds. The van der Waals surface area contributed by atoms with Crippen LogP contribution >= 0.6 is 0 Å². The maximum absolute atomic E-state index is 2.31. The van der Waals surface area contributed by atoms with Gasteiger partial charge < -0.3 is 24.8 Å². The molecule has 2 aromatic carbocycles. The number of halogens is 2. The molecule has 0 N–H and O–H groups in total. The molecule has 4 rings (SSSR count). The Morgan fingerprint density at radius 1 is 0.630 bits per heavy atom. The average Bonchev–Trinajstić information content (AvgIpc) is 3.25. The SMILES string of the molecule is Cc1ccc[c-]1C1CCCCC1.Cc1ccc[c-]1C1CCCCC1.[Cl-].[Cl-].[Zr+4]. The predicted molar refractivity (Wildman–Crippen MR) is 105 cm³/mol. The van der Waals surface area contributed by atoms with Gasteiger partial charge in [0.25, 0.3) is 0 Å². The molecular formula is C24H34Cl2Zr. The zero-order valence-corrected chi connectivity index (χ0v) is 20.9. The van der Waals surface area contributed by atoms with E-state index in [2.05, 4.69) is 50.2 Å². The largest absolute Gasteiger partial charge is 4.00 e. The first-order chi connectivity index (χ1) is 11.8. The molecule has 0 bridgehead atoms. The van der Waals surface area contributed by atoms with Gasteiger partial charge in [0.15, 0.2) is 0 Å². The summed E-state index contributed by atoms with van der Waals surface area (Å²) in [5.74, 6) is 1.77. The Labute approximate surface area is 198 Å². The first kappa shape index (κ1) is 27.2. The fourth-order valence-corrected chi connectivity index (χ4v) is 4.79. The van der Waals surface area contributed by atoms with Crippen LogP contribution in [0.2, 0.25) is 0 Å². The van der Waals surface area contributed by atoms with Gasteiger partial charge in [-0.3, -0.25) is 0 Å². The Kier molecular flexibility index (Phi) is 14.3. The summed E-state index contributed by atoms with van der Waals surface area (Å²) in [6.45, 7) is 4.48. The molecule has 0 aromatic heterocycles. The molecular weight excluding hydrogens is 450 g/mol. The molecule has 2 aliphatic rings. The van der Waals surface area contributed by atoms with E-state index in [4.69, 9.17) is 0 Å². The van der Waals surface area contributed by atoms with Gasteiger partial charge in [0, 0.05) is 0 Å². The molecule has 3 heteroatoms. The van der Waals surface area contributed by atoms with Crippen LogP contribution < -0.4 is 24.8 Å². The second-order valence-electron chi connectivity index (χ2n) is 8.00. The molecule has 27 heavy (non-hydrogen) atoms. The minimum atomic E-state index is 0. The van der Waals surface area contributed by atoms with Gasteiger partial charge in [-0.25, -0.2) is 24.3 Å². The van der Waals surface area contributed by atoms with Crippen molar-refractivity contribution in [3.63, 3.8) is 0 Å². The summed E-state index contributed by atoms with van der Waals surface area (Å²) < 4.78 is 0. The van der Waals surface area contributed by atoms with Crippen LogP contribution in [0.25, 0.3) is 0 Å². The Bertz CT molecular complexity index is 547. The standard InChI is InChI=1S/2C12H17.2ClH.Zr/c2*1-10-6-5-9-12(10)11-7-3-2-4-8-11;;;/h2*5-6,9,11H,2-4,7-8H2,1H3;2*1H;/q2*-1;;;+4/p-2. The van der Waals surface area contributed by atoms with Crippen molar-refractivity contribution in [2.24, 2.45) is 0 Å². The zero-order chi connectivity index (χ0) is 16.8. The number of hydrogen-bond donors (Lipinski definition) is 0. The minimum Gasteiger partial charge on any atom is -1.00 e. The predicted octanol–water partition coefficient (Wildman–Crippen LogP) is 1.53. The average molecular weight is 485 g/mol. The van der Waals surface area contributed by atoms with Crippen LogP contribution in [0.5, 0.6) is 0 Å². The van der Waals surface area contributed by atoms with Gasteiger partial charge in [0.05, 0.1) is 0 Å². The monoisotopic (exact) mass is 482 g/mol. The van der Waals surface area contributed by atoms with Crippen LogP contribution in [0.4, 0.5) is 0 Å². The van der Waals surface area contributed by atoms with Crippen molar-refractivity contribution in [2.45, 2.75) is 89.9 Å². The normalized spacial score (nSPS) is 17.6. The third-order valence-electron chi connectivity index (χ3n) is 6.24. The molecule has 2 aromatic rings. The van der Waals surface area contributed by atoms with Gasteiger partial charge in [-0.05, 0) is 0 Å². The van der Waals surface area contributed by atoms with Crippen molar-refractivity contribution in [1.29, 1.82) is 0 Å². The summed E-state index contributed by atoms with van der Waals surface area (Å²) in [7, 11) is 0. The van der Waals surface area contributed by atoms with Crippen molar-refractivity contribution >= 4 is 0 Å². The van der Waals surface area contributed by atoms with Gasteiger partial charge in [-0.1, -0.05) is 89.9 Å². The summed E-state index contributed by atoms with van der Waals surface area (Å²) in [5, 5.41) is 0. The molecule has 0 heterocycles. The summed E-state index contributed by atoms with van der Waals surface area (Å²) in [6.07, 6.45) is 14.4. The van der Waals surface area contributed by atoms with Crippen LogP contribution in [0, 0.1) is 13.8 Å². The Balaban J connectivity index is 0.000000451. The third kappa shape index (κ3) is 7.83. The van der Waals surface area contributed by atoms with E-state index >= 15 is 0 Å². The van der Waals surface area contributed by atoms with Crippen molar-refractivity contribution in [2.75, 3.05) is 0 Å². The van der Waals surface area contributed by atoms with Crippen molar-refractivity contribution in [3.05, 3.63) is 58.7 Å². The van der Waals surface area contributed by atoms with Crippen LogP contribution in [0.15, 0.2) is 36.4 Å². The van der Waals surface area contributed by atoms with Crippen LogP contribution in [0.3, 0.4) is 0 Å². The maximum Gasteiger partial charge on any atom is 4.00 e. The summed E-state index contributed by atoms with van der Waals surface area (Å²) in [5.41, 5.74) is 6.24. The zero-order valence-electron chi connectivity index (χ0n) is 16.9.